The maximum absolute atomic E-state index is 11.6. The Kier molecular flexibility index (Phi) is 3.59. The first-order valence-corrected chi connectivity index (χ1v) is 5.97. The summed E-state index contributed by atoms with van der Waals surface area (Å²) in [6.07, 6.45) is 6.22. The molecule has 0 aromatic carbocycles. The van der Waals surface area contributed by atoms with E-state index in [0.717, 1.165) is 13.1 Å². The Morgan fingerprint density at radius 2 is 2.07 bits per heavy atom. The second kappa shape index (κ2) is 4.94. The van der Waals surface area contributed by atoms with Gasteiger partial charge >= 0.3 is 0 Å². The van der Waals surface area contributed by atoms with Crippen LogP contribution in [-0.2, 0) is 4.79 Å². The van der Waals surface area contributed by atoms with E-state index in [4.69, 9.17) is 0 Å². The normalized spacial score (nSPS) is 30.2. The van der Waals surface area contributed by atoms with E-state index < -0.39 is 0 Å². The first-order chi connectivity index (χ1) is 7.33. The van der Waals surface area contributed by atoms with Crippen LogP contribution in [0.4, 0.5) is 0 Å². The molecule has 0 bridgehead atoms. The zero-order valence-electron chi connectivity index (χ0n) is 9.11. The first-order valence-electron chi connectivity index (χ1n) is 5.97. The molecule has 1 atom stereocenters. The lowest BCUT2D eigenvalue weighted by atomic mass is 9.92. The Morgan fingerprint density at radius 3 is 2.73 bits per heavy atom. The number of aliphatic hydroxyl groups is 1. The second-order valence-electron chi connectivity index (χ2n) is 4.52. The molecule has 1 saturated carbocycles. The Balaban J connectivity index is 2.00. The summed E-state index contributed by atoms with van der Waals surface area (Å²) in [5, 5.41) is 12.1. The molecule has 0 radical (unpaired) electrons. The van der Waals surface area contributed by atoms with Gasteiger partial charge in [0.05, 0.1) is 6.61 Å². The van der Waals surface area contributed by atoms with Crippen LogP contribution in [0.5, 0.6) is 0 Å². The monoisotopic (exact) mass is 212 g/mol. The van der Waals surface area contributed by atoms with Crippen molar-refractivity contribution < 1.29 is 9.90 Å². The molecule has 1 aliphatic carbocycles. The van der Waals surface area contributed by atoms with Gasteiger partial charge in [0.2, 0.25) is 5.91 Å². The van der Waals surface area contributed by atoms with E-state index in [1.165, 1.54) is 32.1 Å². The molecular weight excluding hydrogens is 192 g/mol. The van der Waals surface area contributed by atoms with Crippen LogP contribution in [-0.4, -0.2) is 47.7 Å². The molecule has 2 rings (SSSR count). The van der Waals surface area contributed by atoms with Gasteiger partial charge in [0.1, 0.15) is 6.04 Å². The number of carbonyl (C=O) groups is 1. The molecule has 0 aromatic rings. The van der Waals surface area contributed by atoms with Gasteiger partial charge in [-0.1, -0.05) is 19.3 Å². The standard InChI is InChI=1S/C11H20N2O2/c14-8-10-11(15)12-6-7-13(10)9-4-2-1-3-5-9/h9-10,14H,1-8H2,(H,12,15). The minimum absolute atomic E-state index is 0.00526. The summed E-state index contributed by atoms with van der Waals surface area (Å²) in [6.45, 7) is 1.57. The average molecular weight is 212 g/mol. The molecule has 1 aliphatic heterocycles. The van der Waals surface area contributed by atoms with Crippen LogP contribution in [0.25, 0.3) is 0 Å². The van der Waals surface area contributed by atoms with Crippen molar-refractivity contribution in [1.29, 1.82) is 0 Å². The molecule has 1 saturated heterocycles. The Morgan fingerprint density at radius 1 is 1.33 bits per heavy atom. The van der Waals surface area contributed by atoms with E-state index in [0.29, 0.717) is 6.04 Å². The average Bonchev–Trinajstić information content (AvgIpc) is 2.30. The smallest absolute Gasteiger partial charge is 0.239 e. The molecule has 2 N–H and O–H groups in total. The van der Waals surface area contributed by atoms with Gasteiger partial charge in [-0.3, -0.25) is 9.69 Å². The van der Waals surface area contributed by atoms with Crippen molar-refractivity contribution in [3.63, 3.8) is 0 Å². The molecule has 2 aliphatic rings. The zero-order chi connectivity index (χ0) is 10.7. The molecule has 0 aromatic heterocycles. The maximum Gasteiger partial charge on any atom is 0.239 e. The van der Waals surface area contributed by atoms with Crippen LogP contribution in [0.15, 0.2) is 0 Å². The van der Waals surface area contributed by atoms with Gasteiger partial charge in [-0.15, -0.1) is 0 Å². The Hall–Kier alpha value is -0.610. The lowest BCUT2D eigenvalue weighted by molar-refractivity contribution is -0.132. The third-order valence-electron chi connectivity index (χ3n) is 3.59. The van der Waals surface area contributed by atoms with Gasteiger partial charge < -0.3 is 10.4 Å². The van der Waals surface area contributed by atoms with Crippen LogP contribution in [0.3, 0.4) is 0 Å². The van der Waals surface area contributed by atoms with E-state index in [9.17, 15) is 9.90 Å². The van der Waals surface area contributed by atoms with Crippen molar-refractivity contribution in [2.75, 3.05) is 19.7 Å². The highest BCUT2D eigenvalue weighted by Gasteiger charge is 2.34. The summed E-state index contributed by atoms with van der Waals surface area (Å²) in [5.41, 5.74) is 0. The van der Waals surface area contributed by atoms with Crippen molar-refractivity contribution in [2.24, 2.45) is 0 Å². The highest BCUT2D eigenvalue weighted by Crippen LogP contribution is 2.24. The summed E-state index contributed by atoms with van der Waals surface area (Å²) in [5.74, 6) is -0.00526. The topological polar surface area (TPSA) is 52.6 Å². The van der Waals surface area contributed by atoms with Gasteiger partial charge in [-0.25, -0.2) is 0 Å². The number of hydrogen-bond acceptors (Lipinski definition) is 3. The highest BCUT2D eigenvalue weighted by molar-refractivity contribution is 5.82. The number of nitrogens with zero attached hydrogens (tertiary/aromatic N) is 1. The fourth-order valence-corrected chi connectivity index (χ4v) is 2.77. The van der Waals surface area contributed by atoms with Gasteiger partial charge in [0.25, 0.3) is 0 Å². The lowest BCUT2D eigenvalue weighted by Gasteiger charge is -2.41. The molecule has 4 nitrogen and oxygen atoms in total. The number of nitrogens with one attached hydrogen (secondary N) is 1. The van der Waals surface area contributed by atoms with Crippen LogP contribution >= 0.6 is 0 Å². The van der Waals surface area contributed by atoms with Crippen LogP contribution in [0.2, 0.25) is 0 Å². The molecule has 1 unspecified atom stereocenters. The van der Waals surface area contributed by atoms with Gasteiger partial charge in [-0.2, -0.15) is 0 Å². The van der Waals surface area contributed by atoms with Crippen molar-refractivity contribution in [2.45, 2.75) is 44.2 Å². The van der Waals surface area contributed by atoms with Crippen LogP contribution in [0, 0.1) is 0 Å². The minimum Gasteiger partial charge on any atom is -0.394 e. The van der Waals surface area contributed by atoms with Crippen molar-refractivity contribution in [1.82, 2.24) is 10.2 Å². The summed E-state index contributed by atoms with van der Waals surface area (Å²) >= 11 is 0. The number of hydrogen-bond donors (Lipinski definition) is 2. The molecule has 2 fully saturated rings. The number of rotatable bonds is 2. The molecule has 86 valence electrons. The van der Waals surface area contributed by atoms with Crippen molar-refractivity contribution in [3.8, 4) is 0 Å². The third-order valence-corrected chi connectivity index (χ3v) is 3.59. The SMILES string of the molecule is O=C1NCCN(C2CCCCC2)C1CO. The Labute approximate surface area is 90.6 Å². The number of amides is 1. The third kappa shape index (κ3) is 2.32. The zero-order valence-corrected chi connectivity index (χ0v) is 9.11. The fourth-order valence-electron chi connectivity index (χ4n) is 2.77. The Bertz CT molecular complexity index is 227. The van der Waals surface area contributed by atoms with Gasteiger partial charge in [0, 0.05) is 19.1 Å². The van der Waals surface area contributed by atoms with E-state index >= 15 is 0 Å². The lowest BCUT2D eigenvalue weighted by Crippen LogP contribution is -2.60. The summed E-state index contributed by atoms with van der Waals surface area (Å²) in [7, 11) is 0. The second-order valence-corrected chi connectivity index (χ2v) is 4.52. The minimum atomic E-state index is -0.304. The predicted octanol–water partition coefficient (Wildman–Crippen LogP) is 0.112. The summed E-state index contributed by atoms with van der Waals surface area (Å²) in [6, 6.07) is 0.212. The number of piperazine rings is 1. The van der Waals surface area contributed by atoms with Crippen LogP contribution in [0.1, 0.15) is 32.1 Å². The molecular formula is C11H20N2O2. The van der Waals surface area contributed by atoms with E-state index in [-0.39, 0.29) is 18.6 Å². The van der Waals surface area contributed by atoms with E-state index in [1.54, 1.807) is 0 Å². The highest BCUT2D eigenvalue weighted by atomic mass is 16.3. The summed E-state index contributed by atoms with van der Waals surface area (Å²) in [4.78, 5) is 13.8. The molecule has 1 amide bonds. The number of carbonyl (C=O) groups excluding carboxylic acids is 1. The first kappa shape index (κ1) is 10.9. The molecule has 4 heteroatoms. The largest absolute Gasteiger partial charge is 0.394 e. The fraction of sp³-hybridized carbons (Fsp3) is 0.909. The van der Waals surface area contributed by atoms with Gasteiger partial charge in [0.15, 0.2) is 0 Å². The van der Waals surface area contributed by atoms with E-state index in [1.807, 2.05) is 0 Å². The number of aliphatic hydroxyl groups excluding tert-OH is 1. The predicted molar refractivity (Wildman–Crippen MR) is 57.5 cm³/mol. The molecule has 1 heterocycles. The summed E-state index contributed by atoms with van der Waals surface area (Å²) < 4.78 is 0. The van der Waals surface area contributed by atoms with Crippen LogP contribution < -0.4 is 5.32 Å². The quantitative estimate of drug-likeness (QED) is 0.683. The molecule has 15 heavy (non-hydrogen) atoms. The van der Waals surface area contributed by atoms with E-state index in [2.05, 4.69) is 10.2 Å². The van der Waals surface area contributed by atoms with Crippen molar-refractivity contribution >= 4 is 5.91 Å². The molecule has 0 spiro atoms. The maximum atomic E-state index is 11.6. The van der Waals surface area contributed by atoms with Gasteiger partial charge in [-0.05, 0) is 12.8 Å². The van der Waals surface area contributed by atoms with Crippen molar-refractivity contribution in [3.05, 3.63) is 0 Å².